The Bertz CT molecular complexity index is 552. The summed E-state index contributed by atoms with van der Waals surface area (Å²) in [5.74, 6) is -0.133. The first-order valence-corrected chi connectivity index (χ1v) is 4.83. The van der Waals surface area contributed by atoms with Crippen LogP contribution in [0.25, 0.3) is 0 Å². The second-order valence-electron chi connectivity index (χ2n) is 3.28. The van der Waals surface area contributed by atoms with Gasteiger partial charge in [-0.25, -0.2) is 0 Å². The van der Waals surface area contributed by atoms with Crippen molar-refractivity contribution in [1.82, 2.24) is 0 Å². The molecule has 0 spiro atoms. The third-order valence-corrected chi connectivity index (χ3v) is 2.27. The van der Waals surface area contributed by atoms with E-state index in [1.54, 1.807) is 48.5 Å². The summed E-state index contributed by atoms with van der Waals surface area (Å²) in [5.41, 5.74) is 1.41. The molecular weight excluding hydrogens is 198 g/mol. The van der Waals surface area contributed by atoms with E-state index in [2.05, 4.69) is 6.07 Å². The number of hydrogen-bond donors (Lipinski definition) is 0. The summed E-state index contributed by atoms with van der Waals surface area (Å²) in [6, 6.07) is 18.4. The maximum atomic E-state index is 12.1. The highest BCUT2D eigenvalue weighted by Crippen LogP contribution is 2.13. The molecule has 2 rings (SSSR count). The molecule has 0 bridgehead atoms. The highest BCUT2D eigenvalue weighted by atomic mass is 16.1. The van der Waals surface area contributed by atoms with Crippen LogP contribution in [0.2, 0.25) is 0 Å². The molecule has 2 heteroatoms. The maximum absolute atomic E-state index is 12.1. The van der Waals surface area contributed by atoms with Gasteiger partial charge in [-0.05, 0) is 18.2 Å². The van der Waals surface area contributed by atoms with Gasteiger partial charge in [0.05, 0.1) is 11.6 Å². The molecule has 0 saturated carbocycles. The van der Waals surface area contributed by atoms with Crippen LogP contribution in [0, 0.1) is 17.4 Å². The van der Waals surface area contributed by atoms with E-state index in [0.29, 0.717) is 16.7 Å². The Morgan fingerprint density at radius 3 is 2.50 bits per heavy atom. The van der Waals surface area contributed by atoms with Crippen LogP contribution in [-0.4, -0.2) is 5.78 Å². The van der Waals surface area contributed by atoms with Gasteiger partial charge in [0, 0.05) is 11.1 Å². The first-order chi connectivity index (χ1) is 7.83. The first-order valence-electron chi connectivity index (χ1n) is 4.83. The molecule has 1 radical (unpaired) electrons. The fourth-order valence-electron chi connectivity index (χ4n) is 1.47. The quantitative estimate of drug-likeness (QED) is 0.708. The van der Waals surface area contributed by atoms with Crippen LogP contribution in [0.4, 0.5) is 0 Å². The van der Waals surface area contributed by atoms with Gasteiger partial charge in [-0.3, -0.25) is 4.79 Å². The second kappa shape index (κ2) is 4.41. The Morgan fingerprint density at radius 2 is 1.81 bits per heavy atom. The molecule has 0 atom stereocenters. The number of nitrogens with zero attached hydrogens (tertiary/aromatic N) is 1. The van der Waals surface area contributed by atoms with Gasteiger partial charge in [0.15, 0.2) is 5.78 Å². The molecule has 0 saturated heterocycles. The van der Waals surface area contributed by atoms with Crippen molar-refractivity contribution in [3.63, 3.8) is 0 Å². The summed E-state index contributed by atoms with van der Waals surface area (Å²) < 4.78 is 0. The van der Waals surface area contributed by atoms with Gasteiger partial charge in [-0.2, -0.15) is 5.26 Å². The number of nitriles is 1. The van der Waals surface area contributed by atoms with E-state index in [-0.39, 0.29) is 5.78 Å². The SMILES string of the molecule is N#Cc1ccccc1C(=O)c1cc[c]cc1. The minimum Gasteiger partial charge on any atom is -0.289 e. The molecule has 0 N–H and O–H groups in total. The van der Waals surface area contributed by atoms with Crippen LogP contribution in [0.15, 0.2) is 48.5 Å². The Morgan fingerprint density at radius 1 is 1.12 bits per heavy atom. The molecular formula is C14H8NO. The highest BCUT2D eigenvalue weighted by molar-refractivity contribution is 6.10. The predicted octanol–water partition coefficient (Wildman–Crippen LogP) is 2.59. The third-order valence-electron chi connectivity index (χ3n) is 2.27. The number of ketones is 1. The minimum absolute atomic E-state index is 0.133. The molecule has 0 heterocycles. The Kier molecular flexibility index (Phi) is 2.79. The van der Waals surface area contributed by atoms with Crippen molar-refractivity contribution in [3.05, 3.63) is 71.3 Å². The van der Waals surface area contributed by atoms with Gasteiger partial charge in [-0.1, -0.05) is 36.4 Å². The number of hydrogen-bond acceptors (Lipinski definition) is 2. The van der Waals surface area contributed by atoms with Crippen molar-refractivity contribution in [1.29, 1.82) is 5.26 Å². The summed E-state index contributed by atoms with van der Waals surface area (Å²) >= 11 is 0. The van der Waals surface area contributed by atoms with Gasteiger partial charge in [0.25, 0.3) is 0 Å². The maximum Gasteiger partial charge on any atom is 0.194 e. The summed E-state index contributed by atoms with van der Waals surface area (Å²) in [6.45, 7) is 0. The lowest BCUT2D eigenvalue weighted by Gasteiger charge is -2.02. The van der Waals surface area contributed by atoms with Gasteiger partial charge in [0.1, 0.15) is 0 Å². The molecule has 0 aliphatic heterocycles. The van der Waals surface area contributed by atoms with Crippen molar-refractivity contribution in [3.8, 4) is 6.07 Å². The summed E-state index contributed by atoms with van der Waals surface area (Å²) in [5, 5.41) is 8.91. The van der Waals surface area contributed by atoms with Crippen molar-refractivity contribution >= 4 is 5.78 Å². The van der Waals surface area contributed by atoms with Crippen molar-refractivity contribution < 1.29 is 4.79 Å². The zero-order valence-corrected chi connectivity index (χ0v) is 8.47. The molecule has 0 unspecified atom stereocenters. The average Bonchev–Trinajstić information content (AvgIpc) is 2.39. The molecule has 0 fully saturated rings. The number of carbonyl (C=O) groups is 1. The molecule has 0 aliphatic carbocycles. The molecule has 16 heavy (non-hydrogen) atoms. The van der Waals surface area contributed by atoms with E-state index in [1.807, 2.05) is 6.07 Å². The summed E-state index contributed by atoms with van der Waals surface area (Å²) in [7, 11) is 0. The Labute approximate surface area is 93.8 Å². The lowest BCUT2D eigenvalue weighted by atomic mass is 9.99. The van der Waals surface area contributed by atoms with E-state index in [4.69, 9.17) is 5.26 Å². The Hall–Kier alpha value is -2.40. The number of benzene rings is 2. The van der Waals surface area contributed by atoms with E-state index < -0.39 is 0 Å². The fraction of sp³-hybridized carbons (Fsp3) is 0. The van der Waals surface area contributed by atoms with E-state index in [1.165, 1.54) is 0 Å². The van der Waals surface area contributed by atoms with Crippen LogP contribution >= 0.6 is 0 Å². The zero-order valence-electron chi connectivity index (χ0n) is 8.47. The molecule has 2 aromatic rings. The van der Waals surface area contributed by atoms with Crippen molar-refractivity contribution in [2.24, 2.45) is 0 Å². The second-order valence-corrected chi connectivity index (χ2v) is 3.28. The first kappa shape index (κ1) is 10.1. The summed E-state index contributed by atoms with van der Waals surface area (Å²) in [4.78, 5) is 12.1. The number of carbonyl (C=O) groups excluding carboxylic acids is 1. The largest absolute Gasteiger partial charge is 0.289 e. The zero-order chi connectivity index (χ0) is 11.4. The predicted molar refractivity (Wildman–Crippen MR) is 59.9 cm³/mol. The molecule has 0 aliphatic rings. The van der Waals surface area contributed by atoms with Crippen LogP contribution in [0.1, 0.15) is 21.5 Å². The van der Waals surface area contributed by atoms with Gasteiger partial charge < -0.3 is 0 Å². The van der Waals surface area contributed by atoms with Gasteiger partial charge in [-0.15, -0.1) is 0 Å². The molecule has 2 aromatic carbocycles. The fourth-order valence-corrected chi connectivity index (χ4v) is 1.47. The van der Waals surface area contributed by atoms with E-state index in [0.717, 1.165) is 0 Å². The normalized spacial score (nSPS) is 9.44. The molecule has 75 valence electrons. The summed E-state index contributed by atoms with van der Waals surface area (Å²) in [6.07, 6.45) is 0. The Balaban J connectivity index is 2.47. The monoisotopic (exact) mass is 206 g/mol. The molecule has 2 nitrogen and oxygen atoms in total. The van der Waals surface area contributed by atoms with Crippen LogP contribution < -0.4 is 0 Å². The van der Waals surface area contributed by atoms with Crippen LogP contribution in [0.5, 0.6) is 0 Å². The standard InChI is InChI=1S/C14H8NO/c15-10-12-8-4-5-9-13(12)14(16)11-6-2-1-3-7-11/h2-9H. The van der Waals surface area contributed by atoms with Crippen molar-refractivity contribution in [2.45, 2.75) is 0 Å². The molecule has 0 aromatic heterocycles. The van der Waals surface area contributed by atoms with Gasteiger partial charge >= 0.3 is 0 Å². The van der Waals surface area contributed by atoms with Crippen molar-refractivity contribution in [2.75, 3.05) is 0 Å². The highest BCUT2D eigenvalue weighted by Gasteiger charge is 2.11. The third kappa shape index (κ3) is 1.84. The van der Waals surface area contributed by atoms with Gasteiger partial charge in [0.2, 0.25) is 0 Å². The lowest BCUT2D eigenvalue weighted by Crippen LogP contribution is -2.03. The average molecular weight is 206 g/mol. The van der Waals surface area contributed by atoms with E-state index in [9.17, 15) is 4.79 Å². The smallest absolute Gasteiger partial charge is 0.194 e. The van der Waals surface area contributed by atoms with Crippen LogP contribution in [0.3, 0.4) is 0 Å². The minimum atomic E-state index is -0.133. The van der Waals surface area contributed by atoms with E-state index >= 15 is 0 Å². The van der Waals surface area contributed by atoms with Crippen LogP contribution in [-0.2, 0) is 0 Å². The lowest BCUT2D eigenvalue weighted by molar-refractivity contribution is 0.103. The topological polar surface area (TPSA) is 40.9 Å². The molecule has 0 amide bonds. The number of rotatable bonds is 2.